The van der Waals surface area contributed by atoms with Crippen molar-refractivity contribution in [2.75, 3.05) is 6.61 Å². The molecule has 4 rings (SSSR count). The van der Waals surface area contributed by atoms with Gasteiger partial charge < -0.3 is 25.2 Å². The average Bonchev–Trinajstić information content (AvgIpc) is 2.60. The first kappa shape index (κ1) is 24.3. The molecule has 161 valence electrons. The van der Waals surface area contributed by atoms with Crippen molar-refractivity contribution in [1.82, 2.24) is 0 Å². The smallest absolute Gasteiger partial charge is 0.172 e. The minimum atomic E-state index is -1.42. The van der Waals surface area contributed by atoms with Gasteiger partial charge in [0.1, 0.15) is 11.7 Å². The molecule has 1 aliphatic heterocycles. The van der Waals surface area contributed by atoms with Gasteiger partial charge in [0.25, 0.3) is 0 Å². The van der Waals surface area contributed by atoms with Crippen LogP contribution >= 0.6 is 0 Å². The third-order valence-electron chi connectivity index (χ3n) is 9.34. The van der Waals surface area contributed by atoms with Gasteiger partial charge in [-0.1, -0.05) is 34.6 Å². The zero-order valence-electron chi connectivity index (χ0n) is 18.3. The van der Waals surface area contributed by atoms with E-state index in [1.165, 1.54) is 0 Å². The van der Waals surface area contributed by atoms with Gasteiger partial charge in [0.2, 0.25) is 0 Å². The van der Waals surface area contributed by atoms with Gasteiger partial charge in [-0.3, -0.25) is 4.79 Å². The maximum absolute atomic E-state index is 13.8. The maximum Gasteiger partial charge on any atom is 0.172 e. The van der Waals surface area contributed by atoms with Crippen LogP contribution in [0.1, 0.15) is 54.4 Å². The van der Waals surface area contributed by atoms with Crippen LogP contribution in [0.3, 0.4) is 0 Å². The average molecular weight is 622 g/mol. The Kier molecular flexibility index (Phi) is 5.93. The number of aliphatic hydroxyl groups is 4. The zero-order chi connectivity index (χ0) is 21.0. The molecule has 0 aromatic carbocycles. The van der Waals surface area contributed by atoms with E-state index in [-0.39, 0.29) is 74.9 Å². The molecule has 0 amide bonds. The van der Waals surface area contributed by atoms with E-state index in [9.17, 15) is 25.2 Å². The van der Waals surface area contributed by atoms with E-state index in [1.54, 1.807) is 6.92 Å². The van der Waals surface area contributed by atoms with E-state index in [2.05, 4.69) is 0 Å². The molecule has 1 heterocycles. The van der Waals surface area contributed by atoms with Crippen molar-refractivity contribution in [2.24, 2.45) is 28.6 Å². The zero-order valence-corrected chi connectivity index (χ0v) is 23.0. The molecular formula is C22H34AcO6. The van der Waals surface area contributed by atoms with Crippen LogP contribution in [-0.4, -0.2) is 62.3 Å². The Morgan fingerprint density at radius 1 is 1.10 bits per heavy atom. The van der Waals surface area contributed by atoms with Gasteiger partial charge in [-0.05, 0) is 36.3 Å². The molecule has 6 nitrogen and oxygen atoms in total. The van der Waals surface area contributed by atoms with E-state index in [0.717, 1.165) is 0 Å². The Morgan fingerprint density at radius 3 is 2.21 bits per heavy atom. The minimum Gasteiger partial charge on any atom is -0.389 e. The second-order valence-electron chi connectivity index (χ2n) is 10.6. The third-order valence-corrected chi connectivity index (χ3v) is 9.34. The van der Waals surface area contributed by atoms with Gasteiger partial charge in [-0.25, -0.2) is 0 Å². The van der Waals surface area contributed by atoms with Crippen molar-refractivity contribution in [1.29, 1.82) is 0 Å². The van der Waals surface area contributed by atoms with Crippen LogP contribution in [0.5, 0.6) is 0 Å². The molecule has 4 N–H and O–H groups in total. The number of aliphatic hydroxyl groups excluding tert-OH is 2. The normalized spacial score (nSPS) is 53.7. The molecule has 0 aromatic rings. The molecule has 29 heavy (non-hydrogen) atoms. The summed E-state index contributed by atoms with van der Waals surface area (Å²) < 4.78 is 5.65. The first-order valence-corrected chi connectivity index (χ1v) is 10.4. The molecule has 7 heteroatoms. The van der Waals surface area contributed by atoms with Crippen molar-refractivity contribution < 1.29 is 74.0 Å². The van der Waals surface area contributed by atoms with Crippen molar-refractivity contribution in [2.45, 2.75) is 83.9 Å². The Hall–Kier alpha value is 0.652. The fourth-order valence-corrected chi connectivity index (χ4v) is 7.30. The van der Waals surface area contributed by atoms with Crippen LogP contribution in [-0.2, 0) is 9.53 Å². The number of rotatable bonds is 0. The number of Topliss-reactive ketones (excluding diaryl/α,β-unsaturated/α-hetero) is 1. The molecule has 1 radical (unpaired) electrons. The number of carbonyl (C=O) groups is 1. The number of hydrogen-bond donors (Lipinski definition) is 4. The first-order valence-electron chi connectivity index (χ1n) is 10.4. The summed E-state index contributed by atoms with van der Waals surface area (Å²) in [6, 6.07) is 0. The summed E-state index contributed by atoms with van der Waals surface area (Å²) in [5, 5.41) is 45.5. The minimum absolute atomic E-state index is 0. The second-order valence-corrected chi connectivity index (χ2v) is 10.6. The van der Waals surface area contributed by atoms with Crippen molar-refractivity contribution in [3.63, 3.8) is 0 Å². The van der Waals surface area contributed by atoms with Crippen LogP contribution in [0.4, 0.5) is 0 Å². The number of ketones is 1. The van der Waals surface area contributed by atoms with E-state index in [4.69, 9.17) is 4.74 Å². The largest absolute Gasteiger partial charge is 0.389 e. The maximum atomic E-state index is 13.8. The summed E-state index contributed by atoms with van der Waals surface area (Å²) in [6.45, 7) is 11.2. The molecular weight excluding hydrogens is 587 g/mol. The quantitative estimate of drug-likeness (QED) is 0.303. The molecule has 0 spiro atoms. The predicted molar refractivity (Wildman–Crippen MR) is 102 cm³/mol. The van der Waals surface area contributed by atoms with Crippen molar-refractivity contribution in [3.05, 3.63) is 11.1 Å². The van der Waals surface area contributed by atoms with Gasteiger partial charge in [0.15, 0.2) is 5.78 Å². The van der Waals surface area contributed by atoms with Crippen molar-refractivity contribution in [3.8, 4) is 0 Å². The van der Waals surface area contributed by atoms with Gasteiger partial charge in [0.05, 0.1) is 24.4 Å². The second kappa shape index (κ2) is 7.07. The van der Waals surface area contributed by atoms with Crippen LogP contribution < -0.4 is 0 Å². The number of hydrogen-bond acceptors (Lipinski definition) is 6. The SMILES string of the molecule is CC1=C2C(O)C(=O)C3(C)C(C)CC4OCC4(O)C3C(C)C(O)(CC1O)C2(C)C.[Ac]. The Morgan fingerprint density at radius 2 is 1.69 bits per heavy atom. The Balaban J connectivity index is 0.00000240. The summed E-state index contributed by atoms with van der Waals surface area (Å²) in [7, 11) is 0. The van der Waals surface area contributed by atoms with E-state index >= 15 is 0 Å². The van der Waals surface area contributed by atoms with Gasteiger partial charge in [-0.15, -0.1) is 0 Å². The Bertz CT molecular complexity index is 764. The van der Waals surface area contributed by atoms with Crippen LogP contribution in [0, 0.1) is 72.6 Å². The predicted octanol–water partition coefficient (Wildman–Crippen LogP) is 1.20. The van der Waals surface area contributed by atoms with Crippen LogP contribution in [0.2, 0.25) is 0 Å². The van der Waals surface area contributed by atoms with Crippen LogP contribution in [0.25, 0.3) is 0 Å². The third kappa shape index (κ3) is 2.71. The number of ether oxygens (including phenoxy) is 1. The molecule has 9 atom stereocenters. The van der Waals surface area contributed by atoms with Crippen LogP contribution in [0.15, 0.2) is 11.1 Å². The summed E-state index contributed by atoms with van der Waals surface area (Å²) in [5.41, 5.74) is -3.55. The standard InChI is InChI=1S/C22H34O6.Ac/c1-10-7-14-21(26,9-28-14)17-12(3)22(27)8-13(23)11(2)15(19(22,4)5)16(24)18(25)20(10,17)6;/h10,12-14,16-17,23-24,26-27H,7-9H2,1-6H3;. The van der Waals surface area contributed by atoms with E-state index < -0.39 is 46.1 Å². The number of fused-ring (bicyclic) bond motifs is 5. The molecule has 2 saturated carbocycles. The first-order chi connectivity index (χ1) is 12.7. The van der Waals surface area contributed by atoms with E-state index in [0.29, 0.717) is 17.6 Å². The van der Waals surface area contributed by atoms with Gasteiger partial charge in [-0.2, -0.15) is 0 Å². The topological polar surface area (TPSA) is 107 Å². The molecule has 3 fully saturated rings. The van der Waals surface area contributed by atoms with Crippen molar-refractivity contribution >= 4 is 5.78 Å². The fourth-order valence-electron chi connectivity index (χ4n) is 7.30. The molecule has 2 bridgehead atoms. The summed E-state index contributed by atoms with van der Waals surface area (Å²) in [4.78, 5) is 13.8. The molecule has 0 aromatic heterocycles. The summed E-state index contributed by atoms with van der Waals surface area (Å²) >= 11 is 0. The van der Waals surface area contributed by atoms with E-state index in [1.807, 2.05) is 34.6 Å². The molecule has 3 aliphatic carbocycles. The summed E-state index contributed by atoms with van der Waals surface area (Å²) in [5.74, 6) is -1.51. The monoisotopic (exact) mass is 621 g/mol. The van der Waals surface area contributed by atoms with Gasteiger partial charge in [0, 0.05) is 67.2 Å². The van der Waals surface area contributed by atoms with Gasteiger partial charge >= 0.3 is 0 Å². The summed E-state index contributed by atoms with van der Waals surface area (Å²) in [6.07, 6.45) is -2.08. The molecule has 1 saturated heterocycles. The Labute approximate surface area is 208 Å². The molecule has 9 unspecified atom stereocenters. The number of carbonyl (C=O) groups excluding carboxylic acids is 1. The molecule has 4 aliphatic rings. The fraction of sp³-hybridized carbons (Fsp3) is 0.864.